The van der Waals surface area contributed by atoms with Crippen LogP contribution in [0.1, 0.15) is 79.0 Å². The zero-order valence-corrected chi connectivity index (χ0v) is 37.2. The van der Waals surface area contributed by atoms with Crippen molar-refractivity contribution in [3.05, 3.63) is 169 Å². The molecule has 3 aromatic heterocycles. The molecule has 0 fully saturated rings. The van der Waals surface area contributed by atoms with Crippen LogP contribution < -0.4 is 14.5 Å². The van der Waals surface area contributed by atoms with Crippen molar-refractivity contribution in [2.75, 3.05) is 16.5 Å². The van der Waals surface area contributed by atoms with Crippen molar-refractivity contribution in [1.82, 2.24) is 9.55 Å². The van der Waals surface area contributed by atoms with Crippen LogP contribution in [0.4, 0.5) is 11.4 Å². The van der Waals surface area contributed by atoms with Gasteiger partial charge in [0.05, 0.1) is 23.4 Å². The van der Waals surface area contributed by atoms with Crippen LogP contribution in [-0.4, -0.2) is 16.2 Å². The molecular weight excluding hydrogens is 761 g/mol. The third-order valence-corrected chi connectivity index (χ3v) is 12.4. The Labute approximate surface area is 364 Å². The van der Waals surface area contributed by atoms with E-state index in [1.54, 1.807) is 0 Å². The molecule has 0 bridgehead atoms. The second-order valence-corrected chi connectivity index (χ2v) is 19.9. The normalized spacial score (nSPS) is 13.7. The van der Waals surface area contributed by atoms with E-state index in [4.69, 9.17) is 14.1 Å². The standard InChI is InChI=1S/C56H54N4O2/c1-54(2,3)37-22-24-40(46(31-37)56(7,8)9)36-26-27-57-52(30-36)60-47-19-13-10-16-41(47)42-25-23-38(33-49(42)60)61-39-32-44-43-17-11-15-21-51(43)62-53(44)50(34-39)59-29-28-58(35-59)48-20-14-12-18-45(48)55(4,5)6/h10-34H,35H2,1-9H3. The van der Waals surface area contributed by atoms with E-state index in [2.05, 4.69) is 210 Å². The maximum atomic E-state index is 6.92. The summed E-state index contributed by atoms with van der Waals surface area (Å²) in [6.45, 7) is 21.2. The van der Waals surface area contributed by atoms with Crippen LogP contribution in [0.15, 0.2) is 156 Å². The first kappa shape index (κ1) is 39.4. The maximum absolute atomic E-state index is 6.92. The van der Waals surface area contributed by atoms with Crippen LogP contribution in [0.25, 0.3) is 60.7 Å². The summed E-state index contributed by atoms with van der Waals surface area (Å²) in [5.41, 5.74) is 12.3. The van der Waals surface area contributed by atoms with Crippen molar-refractivity contribution in [2.45, 2.75) is 78.6 Å². The van der Waals surface area contributed by atoms with Crippen LogP contribution in [-0.2, 0) is 16.2 Å². The van der Waals surface area contributed by atoms with E-state index >= 15 is 0 Å². The average molecular weight is 815 g/mol. The number of ether oxygens (including phenoxy) is 1. The minimum atomic E-state index is -0.0487. The van der Waals surface area contributed by atoms with Gasteiger partial charge in [0.25, 0.3) is 0 Å². The quantitative estimate of drug-likeness (QED) is 0.167. The Morgan fingerprint density at radius 3 is 2.00 bits per heavy atom. The number of para-hydroxylation sites is 3. The minimum absolute atomic E-state index is 0.00254. The summed E-state index contributed by atoms with van der Waals surface area (Å²) < 4.78 is 15.8. The maximum Gasteiger partial charge on any atom is 0.159 e. The van der Waals surface area contributed by atoms with Crippen LogP contribution >= 0.6 is 0 Å². The van der Waals surface area contributed by atoms with E-state index in [1.165, 1.54) is 27.9 Å². The van der Waals surface area contributed by atoms with Crippen molar-refractivity contribution in [2.24, 2.45) is 0 Å². The van der Waals surface area contributed by atoms with Crippen molar-refractivity contribution >= 4 is 55.1 Å². The topological polar surface area (TPSA) is 46.7 Å². The molecule has 0 saturated carbocycles. The molecule has 0 atom stereocenters. The molecule has 1 aliphatic rings. The third kappa shape index (κ3) is 6.88. The highest BCUT2D eigenvalue weighted by atomic mass is 16.5. The minimum Gasteiger partial charge on any atom is -0.457 e. The van der Waals surface area contributed by atoms with Crippen molar-refractivity contribution in [3.8, 4) is 28.4 Å². The van der Waals surface area contributed by atoms with Gasteiger partial charge in [0, 0.05) is 58.0 Å². The molecule has 0 aliphatic carbocycles. The molecule has 310 valence electrons. The van der Waals surface area contributed by atoms with E-state index in [9.17, 15) is 0 Å². The number of benzene rings is 6. The van der Waals surface area contributed by atoms with Gasteiger partial charge in [0.15, 0.2) is 5.58 Å². The Morgan fingerprint density at radius 2 is 1.23 bits per heavy atom. The van der Waals surface area contributed by atoms with Gasteiger partial charge in [-0.3, -0.25) is 4.57 Å². The summed E-state index contributed by atoms with van der Waals surface area (Å²) >= 11 is 0. The number of pyridine rings is 1. The number of rotatable bonds is 6. The highest BCUT2D eigenvalue weighted by Gasteiger charge is 2.27. The predicted octanol–water partition coefficient (Wildman–Crippen LogP) is 15.2. The lowest BCUT2D eigenvalue weighted by Crippen LogP contribution is -2.27. The van der Waals surface area contributed by atoms with Gasteiger partial charge in [-0.25, -0.2) is 4.98 Å². The first-order chi connectivity index (χ1) is 29.6. The SMILES string of the molecule is CC(C)(C)c1ccc(-c2ccnc(-n3c4ccccc4c4ccc(Oc5cc(N6C=CN(c7ccccc7C(C)(C)C)C6)c6oc7ccccc7c6c5)cc43)c2)c(C(C)(C)C)c1. The molecule has 6 aromatic carbocycles. The number of fused-ring (bicyclic) bond motifs is 6. The van der Waals surface area contributed by atoms with Gasteiger partial charge in [-0.05, 0) is 92.6 Å². The van der Waals surface area contributed by atoms with E-state index < -0.39 is 0 Å². The molecule has 6 heteroatoms. The van der Waals surface area contributed by atoms with Crippen LogP contribution in [0.3, 0.4) is 0 Å². The van der Waals surface area contributed by atoms with Crippen molar-refractivity contribution < 1.29 is 9.15 Å². The van der Waals surface area contributed by atoms with Gasteiger partial charge in [0.2, 0.25) is 0 Å². The van der Waals surface area contributed by atoms with Crippen molar-refractivity contribution in [3.63, 3.8) is 0 Å². The summed E-state index contributed by atoms with van der Waals surface area (Å²) in [7, 11) is 0. The lowest BCUT2D eigenvalue weighted by molar-refractivity contribution is 0.484. The monoisotopic (exact) mass is 814 g/mol. The van der Waals surface area contributed by atoms with Gasteiger partial charge < -0.3 is 19.0 Å². The molecule has 1 aliphatic heterocycles. The highest BCUT2D eigenvalue weighted by Crippen LogP contribution is 2.44. The Hall–Kier alpha value is -6.79. The average Bonchev–Trinajstić information content (AvgIpc) is 3.97. The number of hydrogen-bond acceptors (Lipinski definition) is 5. The number of hydrogen-bond donors (Lipinski definition) is 0. The van der Waals surface area contributed by atoms with E-state index in [0.29, 0.717) is 6.67 Å². The molecule has 6 nitrogen and oxygen atoms in total. The molecule has 0 unspecified atom stereocenters. The number of nitrogens with zero attached hydrogens (tertiary/aromatic N) is 4. The molecule has 0 N–H and O–H groups in total. The molecule has 62 heavy (non-hydrogen) atoms. The number of aromatic nitrogens is 2. The van der Waals surface area contributed by atoms with Gasteiger partial charge in [0.1, 0.15) is 22.9 Å². The van der Waals surface area contributed by atoms with Crippen LogP contribution in [0, 0.1) is 0 Å². The summed E-state index contributed by atoms with van der Waals surface area (Å²) in [4.78, 5) is 9.58. The Morgan fingerprint density at radius 1 is 0.532 bits per heavy atom. The Balaban J connectivity index is 1.07. The molecular formula is C56H54N4O2. The molecule has 4 heterocycles. The fourth-order valence-corrected chi connectivity index (χ4v) is 9.13. The lowest BCUT2D eigenvalue weighted by atomic mass is 9.77. The molecule has 0 radical (unpaired) electrons. The van der Waals surface area contributed by atoms with Gasteiger partial charge in [-0.2, -0.15) is 0 Å². The molecule has 9 aromatic rings. The van der Waals surface area contributed by atoms with E-state index in [0.717, 1.165) is 72.3 Å². The highest BCUT2D eigenvalue weighted by molar-refractivity contribution is 6.11. The Bertz CT molecular complexity index is 3220. The van der Waals surface area contributed by atoms with E-state index in [-0.39, 0.29) is 16.2 Å². The molecule has 0 amide bonds. The predicted molar refractivity (Wildman–Crippen MR) is 259 cm³/mol. The van der Waals surface area contributed by atoms with Crippen LogP contribution in [0.5, 0.6) is 11.5 Å². The fourth-order valence-electron chi connectivity index (χ4n) is 9.13. The summed E-state index contributed by atoms with van der Waals surface area (Å²) in [5.74, 6) is 2.33. The molecule has 10 rings (SSSR count). The fraction of sp³-hybridized carbons (Fsp3) is 0.232. The second kappa shape index (κ2) is 14.4. The first-order valence-corrected chi connectivity index (χ1v) is 21.7. The number of furan rings is 1. The summed E-state index contributed by atoms with van der Waals surface area (Å²) in [6.07, 6.45) is 6.24. The zero-order valence-electron chi connectivity index (χ0n) is 37.2. The third-order valence-electron chi connectivity index (χ3n) is 12.4. The zero-order chi connectivity index (χ0) is 43.1. The largest absolute Gasteiger partial charge is 0.457 e. The van der Waals surface area contributed by atoms with Gasteiger partial charge in [-0.15, -0.1) is 0 Å². The lowest BCUT2D eigenvalue weighted by Gasteiger charge is -2.28. The number of anilines is 2. The van der Waals surface area contributed by atoms with Crippen LogP contribution in [0.2, 0.25) is 0 Å². The van der Waals surface area contributed by atoms with Gasteiger partial charge >= 0.3 is 0 Å². The molecule has 0 saturated heterocycles. The first-order valence-electron chi connectivity index (χ1n) is 21.7. The van der Waals surface area contributed by atoms with Gasteiger partial charge in [-0.1, -0.05) is 135 Å². The second-order valence-electron chi connectivity index (χ2n) is 19.9. The van der Waals surface area contributed by atoms with E-state index in [1.807, 2.05) is 18.3 Å². The van der Waals surface area contributed by atoms with Crippen molar-refractivity contribution in [1.29, 1.82) is 0 Å². The summed E-state index contributed by atoms with van der Waals surface area (Å²) in [6, 6.07) is 47.5. The Kier molecular flexibility index (Phi) is 9.15. The smallest absolute Gasteiger partial charge is 0.159 e. The summed E-state index contributed by atoms with van der Waals surface area (Å²) in [5, 5.41) is 4.37. The molecule has 0 spiro atoms.